The monoisotopic (exact) mass is 627 g/mol. The van der Waals surface area contributed by atoms with E-state index in [0.717, 1.165) is 72.1 Å². The molecule has 0 amide bonds. The molecular weight excluding hydrogens is 566 g/mol. The summed E-state index contributed by atoms with van der Waals surface area (Å²) in [7, 11) is 5.99. The van der Waals surface area contributed by atoms with Gasteiger partial charge in [0.25, 0.3) is 0 Å². The number of nitrogens with one attached hydrogen (secondary N) is 3. The van der Waals surface area contributed by atoms with Crippen LogP contribution in [-0.4, -0.2) is 94.0 Å². The van der Waals surface area contributed by atoms with Crippen molar-refractivity contribution in [1.29, 1.82) is 0 Å². The van der Waals surface area contributed by atoms with E-state index in [9.17, 15) is 0 Å². The zero-order valence-electron chi connectivity index (χ0n) is 29.8. The second-order valence-electron chi connectivity index (χ2n) is 12.7. The molecule has 0 saturated carbocycles. The second-order valence-corrected chi connectivity index (χ2v) is 12.7. The van der Waals surface area contributed by atoms with Crippen LogP contribution in [0.2, 0.25) is 0 Å². The van der Waals surface area contributed by atoms with E-state index >= 15 is 0 Å². The Balaban J connectivity index is 2.07. The maximum Gasteiger partial charge on any atom is 0.116 e. The highest BCUT2D eigenvalue weighted by atomic mass is 15.2. The number of rotatable bonds is 14. The van der Waals surface area contributed by atoms with Crippen LogP contribution in [-0.2, 0) is 0 Å². The van der Waals surface area contributed by atoms with E-state index in [-0.39, 0.29) is 0 Å². The Morgan fingerprint density at radius 2 is 2.00 bits per heavy atom. The largest absolute Gasteiger partial charge is 0.372 e. The van der Waals surface area contributed by atoms with Crippen LogP contribution in [0.25, 0.3) is 0 Å². The summed E-state index contributed by atoms with van der Waals surface area (Å²) in [6, 6.07) is 0.661. The summed E-state index contributed by atoms with van der Waals surface area (Å²) in [6.45, 7) is 30.7. The smallest absolute Gasteiger partial charge is 0.116 e. The molecule has 0 bridgehead atoms. The lowest BCUT2D eigenvalue weighted by atomic mass is 9.96. The quantitative estimate of drug-likeness (QED) is 0.0701. The van der Waals surface area contributed by atoms with E-state index in [4.69, 9.17) is 4.99 Å². The average molecular weight is 628 g/mol. The van der Waals surface area contributed by atoms with Gasteiger partial charge in [0, 0.05) is 44.0 Å². The van der Waals surface area contributed by atoms with Crippen molar-refractivity contribution in [3.05, 3.63) is 103 Å². The fourth-order valence-electron chi connectivity index (χ4n) is 5.62. The van der Waals surface area contributed by atoms with Crippen molar-refractivity contribution in [2.45, 2.75) is 59.0 Å². The summed E-state index contributed by atoms with van der Waals surface area (Å²) >= 11 is 0. The van der Waals surface area contributed by atoms with Crippen LogP contribution in [0.1, 0.15) is 47.0 Å². The molecule has 7 nitrogen and oxygen atoms in total. The summed E-state index contributed by atoms with van der Waals surface area (Å²) in [6.07, 6.45) is 17.4. The maximum absolute atomic E-state index is 4.95. The lowest BCUT2D eigenvalue weighted by Crippen LogP contribution is -2.45. The minimum Gasteiger partial charge on any atom is -0.372 e. The third-order valence-corrected chi connectivity index (χ3v) is 8.81. The van der Waals surface area contributed by atoms with Gasteiger partial charge in [-0.3, -0.25) is 14.9 Å². The third-order valence-electron chi connectivity index (χ3n) is 8.81. The van der Waals surface area contributed by atoms with Crippen LogP contribution in [0.3, 0.4) is 0 Å². The van der Waals surface area contributed by atoms with E-state index in [0.29, 0.717) is 43.6 Å². The Morgan fingerprint density at radius 1 is 1.24 bits per heavy atom. The molecule has 7 heteroatoms. The SMILES string of the molecule is C=C1C=C=C(C(=C)/C=C\CCN/C(CN(C(=C)CNC)C(C)C(C)C)=N\C)/C=C\C(=C)CN/C(C2[C@H](CC)CCN2C)=N\C/C=C\1. The maximum atomic E-state index is 4.95. The molecule has 1 fully saturated rings. The first-order valence-electron chi connectivity index (χ1n) is 16.8. The van der Waals surface area contributed by atoms with Crippen molar-refractivity contribution in [2.24, 2.45) is 21.8 Å². The highest BCUT2D eigenvalue weighted by Crippen LogP contribution is 2.26. The molecule has 2 aliphatic rings. The Kier molecular flexibility index (Phi) is 17.2. The number of hydrogen-bond acceptors (Lipinski definition) is 6. The molecule has 2 rings (SSSR count). The minimum absolute atomic E-state index is 0.307. The molecule has 0 spiro atoms. The Hall–Kier alpha value is -3.64. The summed E-state index contributed by atoms with van der Waals surface area (Å²) < 4.78 is 0. The number of likely N-dealkylation sites (N-methyl/N-ethyl adjacent to an activating group) is 2. The first-order valence-corrected chi connectivity index (χ1v) is 16.8. The van der Waals surface area contributed by atoms with Crippen LogP contribution >= 0.6 is 0 Å². The summed E-state index contributed by atoms with van der Waals surface area (Å²) in [5.41, 5.74) is 8.06. The van der Waals surface area contributed by atoms with Gasteiger partial charge >= 0.3 is 0 Å². The number of nitrogens with zero attached hydrogens (tertiary/aromatic N) is 4. The van der Waals surface area contributed by atoms with Crippen LogP contribution in [0.15, 0.2) is 113 Å². The van der Waals surface area contributed by atoms with Crippen molar-refractivity contribution >= 4 is 11.7 Å². The Labute approximate surface area is 280 Å². The molecule has 0 aromatic heterocycles. The molecular formula is C39H61N7. The topological polar surface area (TPSA) is 67.3 Å². The summed E-state index contributed by atoms with van der Waals surface area (Å²) in [4.78, 5) is 14.2. The predicted molar refractivity (Wildman–Crippen MR) is 202 cm³/mol. The van der Waals surface area contributed by atoms with Gasteiger partial charge in [-0.1, -0.05) is 83.9 Å². The fourth-order valence-corrected chi connectivity index (χ4v) is 5.62. The first-order chi connectivity index (χ1) is 22.0. The van der Waals surface area contributed by atoms with Gasteiger partial charge in [-0.25, -0.2) is 0 Å². The molecule has 0 aromatic carbocycles. The number of aliphatic imine (C=N–C) groups is 2. The standard InChI is InChI=1S/C39H61N7/c1-12-35-22-25-45(11)38(35)39-43-24-15-16-30(4)18-20-36(21-19-31(5)26-44-39)32(6)17-13-14-23-42-37(41-10)28-46(33(7)27-40-9)34(8)29(2)3/h13,15-19,21,29,34-35,38,40H,4-7,12,14,22-28H2,1-3,8-11H3,(H,41,42)(H,43,44)/b16-15-,17-13-,21-19-/t20?,34?,35-,38?/m1/s1. The second kappa shape index (κ2) is 20.5. The van der Waals surface area contributed by atoms with E-state index in [1.807, 2.05) is 38.4 Å². The van der Waals surface area contributed by atoms with Crippen LogP contribution in [0, 0.1) is 11.8 Å². The van der Waals surface area contributed by atoms with Crippen molar-refractivity contribution in [3.63, 3.8) is 0 Å². The van der Waals surface area contributed by atoms with E-state index in [2.05, 4.69) is 116 Å². The van der Waals surface area contributed by atoms with Crippen molar-refractivity contribution in [2.75, 3.05) is 60.4 Å². The van der Waals surface area contributed by atoms with E-state index in [1.165, 1.54) is 6.42 Å². The normalized spacial score (nSPS) is 23.3. The number of amidine groups is 2. The molecule has 3 atom stereocenters. The molecule has 2 aliphatic heterocycles. The third kappa shape index (κ3) is 12.6. The zero-order chi connectivity index (χ0) is 34.1. The van der Waals surface area contributed by atoms with Gasteiger partial charge in [0.2, 0.25) is 0 Å². The van der Waals surface area contributed by atoms with Crippen LogP contribution < -0.4 is 16.0 Å². The lowest BCUT2D eigenvalue weighted by molar-refractivity contribution is 0.237. The zero-order valence-corrected chi connectivity index (χ0v) is 29.8. The van der Waals surface area contributed by atoms with Crippen molar-refractivity contribution in [1.82, 2.24) is 25.8 Å². The molecule has 2 unspecified atom stereocenters. The van der Waals surface area contributed by atoms with Gasteiger partial charge in [0.15, 0.2) is 0 Å². The Morgan fingerprint density at radius 3 is 2.67 bits per heavy atom. The number of hydrogen-bond donors (Lipinski definition) is 3. The van der Waals surface area contributed by atoms with Gasteiger partial charge in [-0.05, 0) is 81.1 Å². The molecule has 0 aromatic rings. The fraction of sp³-hybridized carbons (Fsp3) is 0.513. The summed E-state index contributed by atoms with van der Waals surface area (Å²) in [5, 5.41) is 10.4. The number of likely N-dealkylation sites (tertiary alicyclic amines) is 1. The minimum atomic E-state index is 0.307. The van der Waals surface area contributed by atoms with E-state index < -0.39 is 0 Å². The van der Waals surface area contributed by atoms with Gasteiger partial charge < -0.3 is 20.9 Å². The van der Waals surface area contributed by atoms with Gasteiger partial charge in [-0.15, -0.1) is 5.73 Å². The molecule has 3 N–H and O–H groups in total. The van der Waals surface area contributed by atoms with Crippen molar-refractivity contribution in [3.8, 4) is 0 Å². The average Bonchev–Trinajstić information content (AvgIpc) is 3.41. The molecule has 252 valence electrons. The Bertz CT molecular complexity index is 1270. The molecule has 46 heavy (non-hydrogen) atoms. The lowest BCUT2D eigenvalue weighted by Gasteiger charge is -2.35. The van der Waals surface area contributed by atoms with Gasteiger partial charge in [-0.2, -0.15) is 0 Å². The molecule has 0 aliphatic carbocycles. The predicted octanol–water partition coefficient (Wildman–Crippen LogP) is 6.22. The molecule has 0 radical (unpaired) electrons. The highest BCUT2D eigenvalue weighted by molar-refractivity contribution is 5.88. The van der Waals surface area contributed by atoms with Crippen LogP contribution in [0.5, 0.6) is 0 Å². The summed E-state index contributed by atoms with van der Waals surface area (Å²) in [5.74, 6) is 3.10. The molecule has 1 saturated heterocycles. The number of allylic oxidation sites excluding steroid dienone is 6. The van der Waals surface area contributed by atoms with Gasteiger partial charge in [0.05, 0.1) is 19.1 Å². The van der Waals surface area contributed by atoms with E-state index in [1.54, 1.807) is 0 Å². The van der Waals surface area contributed by atoms with Crippen LogP contribution in [0.4, 0.5) is 0 Å². The first kappa shape index (κ1) is 38.5. The van der Waals surface area contributed by atoms with Gasteiger partial charge in [0.1, 0.15) is 11.7 Å². The van der Waals surface area contributed by atoms with Crippen molar-refractivity contribution < 1.29 is 0 Å². The molecule has 2 heterocycles. The highest BCUT2D eigenvalue weighted by Gasteiger charge is 2.34.